The van der Waals surface area contributed by atoms with Crippen LogP contribution in [0.15, 0.2) is 18.2 Å². The van der Waals surface area contributed by atoms with Crippen LogP contribution in [-0.4, -0.2) is 47.6 Å². The maximum absolute atomic E-state index is 13.0. The molecule has 0 aliphatic heterocycles. The lowest BCUT2D eigenvalue weighted by Crippen LogP contribution is -2.44. The lowest BCUT2D eigenvalue weighted by Gasteiger charge is -2.25. The Morgan fingerprint density at radius 3 is 2.43 bits per heavy atom. The quantitative estimate of drug-likeness (QED) is 0.850. The Bertz CT molecular complexity index is 542. The Labute approximate surface area is 121 Å². The van der Waals surface area contributed by atoms with E-state index in [2.05, 4.69) is 5.32 Å². The summed E-state index contributed by atoms with van der Waals surface area (Å²) in [5.74, 6) is -3.27. The van der Waals surface area contributed by atoms with Gasteiger partial charge in [-0.05, 0) is 32.0 Å². The predicted octanol–water partition coefficient (Wildman–Crippen LogP) is 0.924. The normalized spacial score (nSPS) is 11.1. The largest absolute Gasteiger partial charge is 0.389 e. The highest BCUT2D eigenvalue weighted by atomic mass is 19.2. The third-order valence-corrected chi connectivity index (χ3v) is 2.63. The molecule has 1 aromatic carbocycles. The number of aliphatic hydroxyl groups is 1. The van der Waals surface area contributed by atoms with Gasteiger partial charge in [-0.25, -0.2) is 8.78 Å². The van der Waals surface area contributed by atoms with Crippen LogP contribution in [0.4, 0.5) is 8.78 Å². The molecule has 0 aliphatic carbocycles. The van der Waals surface area contributed by atoms with Crippen LogP contribution in [0, 0.1) is 11.6 Å². The van der Waals surface area contributed by atoms with Crippen molar-refractivity contribution in [1.29, 1.82) is 0 Å². The molecule has 2 amide bonds. The summed E-state index contributed by atoms with van der Waals surface area (Å²) in [7, 11) is 1.49. The van der Waals surface area contributed by atoms with Crippen molar-refractivity contribution in [2.75, 3.05) is 20.1 Å². The second kappa shape index (κ2) is 6.62. The van der Waals surface area contributed by atoms with Gasteiger partial charge in [0.1, 0.15) is 0 Å². The molecule has 0 aromatic heterocycles. The topological polar surface area (TPSA) is 69.6 Å². The fourth-order valence-electron chi connectivity index (χ4n) is 1.70. The average molecular weight is 300 g/mol. The molecule has 0 radical (unpaired) electrons. The first-order valence-electron chi connectivity index (χ1n) is 6.30. The monoisotopic (exact) mass is 300 g/mol. The SMILES string of the molecule is CN(CC(C)(C)O)C(=O)CNC(=O)c1ccc(F)c(F)c1. The lowest BCUT2D eigenvalue weighted by molar-refractivity contribution is -0.131. The number of benzene rings is 1. The van der Waals surface area contributed by atoms with Crippen LogP contribution in [0.25, 0.3) is 0 Å². The van der Waals surface area contributed by atoms with E-state index in [0.717, 1.165) is 18.2 Å². The number of carbonyl (C=O) groups excluding carboxylic acids is 2. The minimum atomic E-state index is -1.13. The Morgan fingerprint density at radius 1 is 1.29 bits per heavy atom. The second-order valence-corrected chi connectivity index (χ2v) is 5.37. The molecule has 0 saturated heterocycles. The van der Waals surface area contributed by atoms with Gasteiger partial charge in [-0.3, -0.25) is 9.59 Å². The maximum atomic E-state index is 13.0. The second-order valence-electron chi connectivity index (χ2n) is 5.37. The van der Waals surface area contributed by atoms with Crippen molar-refractivity contribution in [3.63, 3.8) is 0 Å². The molecule has 116 valence electrons. The van der Waals surface area contributed by atoms with Gasteiger partial charge in [-0.15, -0.1) is 0 Å². The molecule has 1 rings (SSSR count). The Hall–Kier alpha value is -2.02. The van der Waals surface area contributed by atoms with Crippen LogP contribution >= 0.6 is 0 Å². The molecule has 0 heterocycles. The van der Waals surface area contributed by atoms with Gasteiger partial charge in [0.05, 0.1) is 12.1 Å². The molecule has 1 aromatic rings. The molecular formula is C14H18F2N2O3. The number of nitrogens with one attached hydrogen (secondary N) is 1. The van der Waals surface area contributed by atoms with E-state index < -0.39 is 29.0 Å². The minimum absolute atomic E-state index is 0.0770. The Morgan fingerprint density at radius 2 is 1.90 bits per heavy atom. The first kappa shape index (κ1) is 17.0. The van der Waals surface area contributed by atoms with Gasteiger partial charge in [-0.2, -0.15) is 0 Å². The van der Waals surface area contributed by atoms with Crippen molar-refractivity contribution < 1.29 is 23.5 Å². The number of hydrogen-bond acceptors (Lipinski definition) is 3. The van der Waals surface area contributed by atoms with E-state index in [4.69, 9.17) is 0 Å². The summed E-state index contributed by atoms with van der Waals surface area (Å²) in [6.45, 7) is 2.91. The van der Waals surface area contributed by atoms with E-state index in [1.54, 1.807) is 13.8 Å². The van der Waals surface area contributed by atoms with Crippen LogP contribution in [0.1, 0.15) is 24.2 Å². The average Bonchev–Trinajstić information content (AvgIpc) is 2.36. The number of likely N-dealkylation sites (N-methyl/N-ethyl adjacent to an activating group) is 1. The van der Waals surface area contributed by atoms with E-state index in [-0.39, 0.29) is 18.7 Å². The zero-order valence-corrected chi connectivity index (χ0v) is 12.1. The maximum Gasteiger partial charge on any atom is 0.251 e. The number of rotatable bonds is 5. The van der Waals surface area contributed by atoms with E-state index >= 15 is 0 Å². The van der Waals surface area contributed by atoms with Gasteiger partial charge >= 0.3 is 0 Å². The van der Waals surface area contributed by atoms with Crippen LogP contribution in [0.5, 0.6) is 0 Å². The fourth-order valence-corrected chi connectivity index (χ4v) is 1.70. The van der Waals surface area contributed by atoms with Gasteiger partial charge in [0.25, 0.3) is 5.91 Å². The summed E-state index contributed by atoms with van der Waals surface area (Å²) in [5.41, 5.74) is -1.12. The van der Waals surface area contributed by atoms with Crippen molar-refractivity contribution in [3.05, 3.63) is 35.4 Å². The van der Waals surface area contributed by atoms with Crippen molar-refractivity contribution in [2.45, 2.75) is 19.4 Å². The van der Waals surface area contributed by atoms with Crippen molar-refractivity contribution in [2.24, 2.45) is 0 Å². The molecule has 0 fully saturated rings. The molecule has 7 heteroatoms. The van der Waals surface area contributed by atoms with Crippen molar-refractivity contribution in [1.82, 2.24) is 10.2 Å². The molecule has 2 N–H and O–H groups in total. The standard InChI is InChI=1S/C14H18F2N2O3/c1-14(2,21)8-18(3)12(19)7-17-13(20)9-4-5-10(15)11(16)6-9/h4-6,21H,7-8H2,1-3H3,(H,17,20). The first-order valence-corrected chi connectivity index (χ1v) is 6.30. The molecule has 21 heavy (non-hydrogen) atoms. The predicted molar refractivity (Wildman–Crippen MR) is 72.6 cm³/mol. The summed E-state index contributed by atoms with van der Waals surface area (Å²) in [6, 6.07) is 2.72. The van der Waals surface area contributed by atoms with E-state index in [0.29, 0.717) is 0 Å². The molecule has 0 aliphatic rings. The highest BCUT2D eigenvalue weighted by Crippen LogP contribution is 2.08. The molecule has 0 saturated carbocycles. The van der Waals surface area contributed by atoms with E-state index in [1.807, 2.05) is 0 Å². The van der Waals surface area contributed by atoms with Gasteiger partial charge in [0, 0.05) is 19.2 Å². The molecule has 0 bridgehead atoms. The first-order chi connectivity index (χ1) is 9.60. The number of amides is 2. The lowest BCUT2D eigenvalue weighted by atomic mass is 10.1. The van der Waals surface area contributed by atoms with Gasteiger partial charge < -0.3 is 15.3 Å². The van der Waals surface area contributed by atoms with Gasteiger partial charge in [-0.1, -0.05) is 0 Å². The Balaban J connectivity index is 2.56. The number of hydrogen-bond donors (Lipinski definition) is 2. The molecule has 0 spiro atoms. The van der Waals surface area contributed by atoms with Crippen LogP contribution < -0.4 is 5.32 Å². The van der Waals surface area contributed by atoms with Crippen LogP contribution in [0.2, 0.25) is 0 Å². The molecule has 0 atom stereocenters. The van der Waals surface area contributed by atoms with Gasteiger partial charge in [0.2, 0.25) is 5.91 Å². The van der Waals surface area contributed by atoms with E-state index in [9.17, 15) is 23.5 Å². The van der Waals surface area contributed by atoms with Crippen molar-refractivity contribution in [3.8, 4) is 0 Å². The zero-order chi connectivity index (χ0) is 16.2. The number of carbonyl (C=O) groups is 2. The summed E-state index contributed by atoms with van der Waals surface area (Å²) in [5, 5.41) is 11.9. The smallest absolute Gasteiger partial charge is 0.251 e. The van der Waals surface area contributed by atoms with Crippen LogP contribution in [-0.2, 0) is 4.79 Å². The number of nitrogens with zero attached hydrogens (tertiary/aromatic N) is 1. The molecule has 5 nitrogen and oxygen atoms in total. The van der Waals surface area contributed by atoms with Crippen molar-refractivity contribution >= 4 is 11.8 Å². The zero-order valence-electron chi connectivity index (χ0n) is 12.1. The van der Waals surface area contributed by atoms with Gasteiger partial charge in [0.15, 0.2) is 11.6 Å². The molecular weight excluding hydrogens is 282 g/mol. The number of halogens is 2. The summed E-state index contributed by atoms with van der Waals surface area (Å²) in [4.78, 5) is 24.7. The van der Waals surface area contributed by atoms with E-state index in [1.165, 1.54) is 11.9 Å². The summed E-state index contributed by atoms with van der Waals surface area (Å²) < 4.78 is 25.7. The summed E-state index contributed by atoms with van der Waals surface area (Å²) >= 11 is 0. The third-order valence-electron chi connectivity index (χ3n) is 2.63. The summed E-state index contributed by atoms with van der Waals surface area (Å²) in [6.07, 6.45) is 0. The highest BCUT2D eigenvalue weighted by Gasteiger charge is 2.20. The third kappa shape index (κ3) is 5.47. The fraction of sp³-hybridized carbons (Fsp3) is 0.429. The Kier molecular flexibility index (Phi) is 5.37. The van der Waals surface area contributed by atoms with Crippen LogP contribution in [0.3, 0.4) is 0 Å². The minimum Gasteiger partial charge on any atom is -0.389 e. The molecule has 0 unspecified atom stereocenters. The highest BCUT2D eigenvalue weighted by molar-refractivity contribution is 5.96.